The molecule has 1 aliphatic heterocycles. The van der Waals surface area contributed by atoms with Gasteiger partial charge >= 0.3 is 5.97 Å². The molecule has 4 rings (SSSR count). The third kappa shape index (κ3) is 4.74. The summed E-state index contributed by atoms with van der Waals surface area (Å²) in [5.74, 6) is 0.322. The first-order chi connectivity index (χ1) is 16.9. The Morgan fingerprint density at radius 1 is 0.914 bits per heavy atom. The molecule has 0 saturated heterocycles. The molecule has 3 aromatic carbocycles. The zero-order chi connectivity index (χ0) is 25.0. The van der Waals surface area contributed by atoms with Gasteiger partial charge < -0.3 is 19.5 Å². The lowest BCUT2D eigenvalue weighted by Gasteiger charge is -2.36. The molecule has 0 radical (unpaired) electrons. The molecule has 35 heavy (non-hydrogen) atoms. The van der Waals surface area contributed by atoms with Crippen molar-refractivity contribution in [1.29, 1.82) is 0 Å². The molecule has 182 valence electrons. The van der Waals surface area contributed by atoms with Crippen LogP contribution in [0.3, 0.4) is 0 Å². The van der Waals surface area contributed by atoms with E-state index in [1.165, 1.54) is 0 Å². The predicted octanol–water partition coefficient (Wildman–Crippen LogP) is 5.61. The molecule has 1 heterocycles. The molecular formula is C29H31NO5. The van der Waals surface area contributed by atoms with Gasteiger partial charge in [-0.3, -0.25) is 4.79 Å². The van der Waals surface area contributed by atoms with E-state index in [2.05, 4.69) is 19.2 Å². The minimum Gasteiger partial charge on any atom is -0.493 e. The number of ether oxygens (including phenoxy) is 3. The van der Waals surface area contributed by atoms with Crippen molar-refractivity contribution < 1.29 is 23.8 Å². The van der Waals surface area contributed by atoms with Gasteiger partial charge in [-0.25, -0.2) is 4.79 Å². The number of nitrogens with one attached hydrogen (secondary N) is 1. The van der Waals surface area contributed by atoms with Gasteiger partial charge in [0.05, 0.1) is 19.8 Å². The summed E-state index contributed by atoms with van der Waals surface area (Å²) in [7, 11) is 3.19. The van der Waals surface area contributed by atoms with Crippen LogP contribution >= 0.6 is 0 Å². The molecule has 0 aliphatic carbocycles. The van der Waals surface area contributed by atoms with Crippen molar-refractivity contribution in [3.63, 3.8) is 0 Å². The second-order valence-corrected chi connectivity index (χ2v) is 9.21. The van der Waals surface area contributed by atoms with Crippen molar-refractivity contribution in [2.75, 3.05) is 19.5 Å². The lowest BCUT2D eigenvalue weighted by atomic mass is 9.74. The maximum atomic E-state index is 13.7. The minimum absolute atomic E-state index is 0.257. The summed E-state index contributed by atoms with van der Waals surface area (Å²) in [5.41, 5.74) is 1.24. The molecule has 0 spiro atoms. The molecule has 1 aliphatic rings. The number of carbonyl (C=O) groups excluding carboxylic acids is 2. The summed E-state index contributed by atoms with van der Waals surface area (Å²) in [6, 6.07) is 21.9. The number of hydrogen-bond donors (Lipinski definition) is 1. The van der Waals surface area contributed by atoms with Crippen LogP contribution in [-0.4, -0.2) is 26.1 Å². The topological polar surface area (TPSA) is 73.9 Å². The molecule has 0 aromatic heterocycles. The van der Waals surface area contributed by atoms with Gasteiger partial charge in [-0.1, -0.05) is 56.3 Å². The molecular weight excluding hydrogens is 442 g/mol. The van der Waals surface area contributed by atoms with E-state index in [9.17, 15) is 9.59 Å². The smallest absolute Gasteiger partial charge is 0.339 e. The molecule has 2 atom stereocenters. The van der Waals surface area contributed by atoms with E-state index >= 15 is 0 Å². The Kier molecular flexibility index (Phi) is 7.10. The molecule has 2 unspecified atom stereocenters. The molecule has 1 N–H and O–H groups in total. The van der Waals surface area contributed by atoms with Crippen LogP contribution in [-0.2, 0) is 21.6 Å². The Hall–Kier alpha value is -3.80. The Bertz CT molecular complexity index is 1210. The van der Waals surface area contributed by atoms with Crippen molar-refractivity contribution in [3.8, 4) is 11.5 Å². The number of anilines is 1. The molecule has 0 bridgehead atoms. The lowest BCUT2D eigenvalue weighted by molar-refractivity contribution is -0.142. The number of esters is 1. The average Bonchev–Trinajstić information content (AvgIpc) is 3.15. The number of para-hydroxylation sites is 1. The summed E-state index contributed by atoms with van der Waals surface area (Å²) in [6.07, 6.45) is 1.17. The summed E-state index contributed by atoms with van der Waals surface area (Å²) < 4.78 is 17.1. The van der Waals surface area contributed by atoms with Crippen LogP contribution in [0.1, 0.15) is 41.8 Å². The Labute approximate surface area is 206 Å². The van der Waals surface area contributed by atoms with Gasteiger partial charge in [0.2, 0.25) is 5.60 Å². The largest absolute Gasteiger partial charge is 0.493 e. The monoisotopic (exact) mass is 473 g/mol. The SMILES string of the molecule is COc1ccc(CC(CC(C)C)C2(OC(=O)c3ccccc3)C(=O)Nc3ccccc32)cc1OC. The first-order valence-corrected chi connectivity index (χ1v) is 11.8. The fraction of sp³-hybridized carbons (Fsp3) is 0.310. The van der Waals surface area contributed by atoms with Crippen LogP contribution in [0.15, 0.2) is 72.8 Å². The molecule has 0 saturated carbocycles. The maximum absolute atomic E-state index is 13.7. The van der Waals surface area contributed by atoms with Crippen molar-refractivity contribution in [2.24, 2.45) is 11.8 Å². The quantitative estimate of drug-likeness (QED) is 0.409. The predicted molar refractivity (Wildman–Crippen MR) is 135 cm³/mol. The normalized spacial score (nSPS) is 17.5. The number of fused-ring (bicyclic) bond motifs is 1. The molecule has 0 fully saturated rings. The van der Waals surface area contributed by atoms with Crippen LogP contribution in [0.4, 0.5) is 5.69 Å². The van der Waals surface area contributed by atoms with Gasteiger partial charge in [-0.2, -0.15) is 0 Å². The number of benzene rings is 3. The van der Waals surface area contributed by atoms with Crippen molar-refractivity contribution >= 4 is 17.6 Å². The number of amides is 1. The van der Waals surface area contributed by atoms with Gasteiger partial charge in [-0.05, 0) is 54.7 Å². The van der Waals surface area contributed by atoms with E-state index < -0.39 is 11.6 Å². The summed E-state index contributed by atoms with van der Waals surface area (Å²) >= 11 is 0. The molecule has 3 aromatic rings. The highest BCUT2D eigenvalue weighted by atomic mass is 16.6. The average molecular weight is 474 g/mol. The van der Waals surface area contributed by atoms with Gasteiger partial charge in [-0.15, -0.1) is 0 Å². The minimum atomic E-state index is -1.47. The second-order valence-electron chi connectivity index (χ2n) is 9.21. The van der Waals surface area contributed by atoms with E-state index in [4.69, 9.17) is 14.2 Å². The highest BCUT2D eigenvalue weighted by Crippen LogP contribution is 2.48. The fourth-order valence-corrected chi connectivity index (χ4v) is 4.88. The van der Waals surface area contributed by atoms with Crippen LogP contribution in [0, 0.1) is 11.8 Å². The van der Waals surface area contributed by atoms with Crippen molar-refractivity contribution in [3.05, 3.63) is 89.5 Å². The fourth-order valence-electron chi connectivity index (χ4n) is 4.88. The van der Waals surface area contributed by atoms with Crippen LogP contribution in [0.5, 0.6) is 11.5 Å². The zero-order valence-corrected chi connectivity index (χ0v) is 20.5. The third-order valence-corrected chi connectivity index (χ3v) is 6.44. The summed E-state index contributed by atoms with van der Waals surface area (Å²) in [6.45, 7) is 4.21. The second kappa shape index (κ2) is 10.2. The number of hydrogen-bond acceptors (Lipinski definition) is 5. The molecule has 6 nitrogen and oxygen atoms in total. The van der Waals surface area contributed by atoms with Gasteiger partial charge in [0.15, 0.2) is 11.5 Å². The zero-order valence-electron chi connectivity index (χ0n) is 20.5. The van der Waals surface area contributed by atoms with E-state index in [1.54, 1.807) is 38.5 Å². The Morgan fingerprint density at radius 2 is 1.60 bits per heavy atom. The van der Waals surface area contributed by atoms with E-state index in [-0.39, 0.29) is 17.7 Å². The van der Waals surface area contributed by atoms with E-state index in [0.29, 0.717) is 41.2 Å². The Morgan fingerprint density at radius 3 is 2.29 bits per heavy atom. The number of carbonyl (C=O) groups is 2. The summed E-state index contributed by atoms with van der Waals surface area (Å²) in [4.78, 5) is 27.1. The maximum Gasteiger partial charge on any atom is 0.339 e. The first kappa shape index (κ1) is 24.3. The van der Waals surface area contributed by atoms with E-state index in [0.717, 1.165) is 5.56 Å². The van der Waals surface area contributed by atoms with Crippen molar-refractivity contribution in [2.45, 2.75) is 32.3 Å². The highest BCUT2D eigenvalue weighted by molar-refractivity contribution is 6.07. The van der Waals surface area contributed by atoms with Gasteiger partial charge in [0, 0.05) is 17.2 Å². The van der Waals surface area contributed by atoms with Crippen LogP contribution in [0.25, 0.3) is 0 Å². The Balaban J connectivity index is 1.82. The number of methoxy groups -OCH3 is 2. The van der Waals surface area contributed by atoms with Crippen molar-refractivity contribution in [1.82, 2.24) is 0 Å². The first-order valence-electron chi connectivity index (χ1n) is 11.8. The van der Waals surface area contributed by atoms with E-state index in [1.807, 2.05) is 48.5 Å². The summed E-state index contributed by atoms with van der Waals surface area (Å²) in [5, 5.41) is 2.96. The highest BCUT2D eigenvalue weighted by Gasteiger charge is 2.55. The standard InChI is InChI=1S/C29H31NO5/c1-19(2)16-22(17-20-14-15-25(33-3)26(18-20)34-4)29(35-27(31)21-10-6-5-7-11-21)23-12-8-9-13-24(23)30-28(29)32/h5-15,18-19,22H,16-17H2,1-4H3,(H,30,32). The third-order valence-electron chi connectivity index (χ3n) is 6.44. The van der Waals surface area contributed by atoms with Crippen LogP contribution < -0.4 is 14.8 Å². The van der Waals surface area contributed by atoms with Gasteiger partial charge in [0.1, 0.15) is 0 Å². The molecule has 1 amide bonds. The lowest BCUT2D eigenvalue weighted by Crippen LogP contribution is -2.47. The number of rotatable bonds is 9. The van der Waals surface area contributed by atoms with Crippen LogP contribution in [0.2, 0.25) is 0 Å². The molecule has 6 heteroatoms. The van der Waals surface area contributed by atoms with Gasteiger partial charge in [0.25, 0.3) is 5.91 Å².